The number of hydrogen-bond donors (Lipinski definition) is 2. The molecule has 0 saturated heterocycles. The molecule has 4 rings (SSSR count). The highest BCUT2D eigenvalue weighted by Gasteiger charge is 2.24. The van der Waals surface area contributed by atoms with Crippen molar-refractivity contribution in [2.75, 3.05) is 6.61 Å². The molecule has 0 aliphatic heterocycles. The lowest BCUT2D eigenvalue weighted by Gasteiger charge is -2.18. The fraction of sp³-hybridized carbons (Fsp3) is 0.250. The molecule has 166 valence electrons. The van der Waals surface area contributed by atoms with Crippen LogP contribution in [-0.4, -0.2) is 40.3 Å². The van der Waals surface area contributed by atoms with E-state index >= 15 is 0 Å². The van der Waals surface area contributed by atoms with Crippen LogP contribution in [-0.2, 0) is 11.5 Å². The van der Waals surface area contributed by atoms with Gasteiger partial charge in [0.25, 0.3) is 0 Å². The number of carboxylic acid groups (broad SMARTS) is 1. The molecule has 0 radical (unpaired) electrons. The van der Waals surface area contributed by atoms with E-state index in [-0.39, 0.29) is 12.3 Å². The molecular weight excluding hydrogens is 425 g/mol. The first kappa shape index (κ1) is 22.0. The molecule has 8 heteroatoms. The number of aromatic carboxylic acids is 1. The van der Waals surface area contributed by atoms with Crippen LogP contribution in [0.25, 0.3) is 33.5 Å². The van der Waals surface area contributed by atoms with E-state index in [9.17, 15) is 14.3 Å². The van der Waals surface area contributed by atoms with Crippen molar-refractivity contribution in [1.29, 1.82) is 0 Å². The monoisotopic (exact) mass is 451 g/mol. The first-order chi connectivity index (χ1) is 15.2. The van der Waals surface area contributed by atoms with Crippen molar-refractivity contribution < 1.29 is 19.0 Å². The standard InChI is InChI=1S/C24H26FN3O3Si/c1-32(2,3)12-11-31-15-28-21(18-7-9-26-23-19(18)8-10-27-23)14-20(24(29)30)22(28)16-5-4-6-17(25)13-16/h4-10,13-14H,11-12,15H2,1-3H3,(H,26,27)(H,29,30). The van der Waals surface area contributed by atoms with Crippen molar-refractivity contribution in [3.8, 4) is 22.5 Å². The Morgan fingerprint density at radius 1 is 1.22 bits per heavy atom. The van der Waals surface area contributed by atoms with Crippen LogP contribution in [0.1, 0.15) is 10.4 Å². The van der Waals surface area contributed by atoms with Crippen molar-refractivity contribution in [2.45, 2.75) is 32.4 Å². The van der Waals surface area contributed by atoms with Gasteiger partial charge in [-0.3, -0.25) is 0 Å². The average Bonchev–Trinajstić information content (AvgIpc) is 3.35. The molecule has 0 atom stereocenters. The number of nitrogens with one attached hydrogen (secondary N) is 1. The summed E-state index contributed by atoms with van der Waals surface area (Å²) in [7, 11) is -1.29. The second-order valence-corrected chi connectivity index (χ2v) is 14.6. The fourth-order valence-corrected chi connectivity index (χ4v) is 4.49. The third-order valence-corrected chi connectivity index (χ3v) is 7.08. The summed E-state index contributed by atoms with van der Waals surface area (Å²) < 4.78 is 21.9. The zero-order valence-electron chi connectivity index (χ0n) is 18.4. The first-order valence-corrected chi connectivity index (χ1v) is 14.2. The van der Waals surface area contributed by atoms with E-state index in [0.717, 1.165) is 17.0 Å². The van der Waals surface area contributed by atoms with E-state index in [2.05, 4.69) is 29.6 Å². The summed E-state index contributed by atoms with van der Waals surface area (Å²) in [6, 6.07) is 12.4. The highest BCUT2D eigenvalue weighted by atomic mass is 28.3. The summed E-state index contributed by atoms with van der Waals surface area (Å²) in [5.41, 5.74) is 3.22. The summed E-state index contributed by atoms with van der Waals surface area (Å²) in [6.07, 6.45) is 3.48. The molecule has 3 heterocycles. The highest BCUT2D eigenvalue weighted by Crippen LogP contribution is 2.36. The number of H-pyrrole nitrogens is 1. The molecule has 0 bridgehead atoms. The quantitative estimate of drug-likeness (QED) is 0.260. The van der Waals surface area contributed by atoms with Gasteiger partial charge in [-0.1, -0.05) is 31.8 Å². The van der Waals surface area contributed by atoms with Crippen LogP contribution in [0.3, 0.4) is 0 Å². The number of aromatic amines is 1. The van der Waals surface area contributed by atoms with Gasteiger partial charge < -0.3 is 19.4 Å². The van der Waals surface area contributed by atoms with Gasteiger partial charge in [-0.2, -0.15) is 0 Å². The fourth-order valence-electron chi connectivity index (χ4n) is 3.73. The molecule has 0 aliphatic carbocycles. The maximum atomic E-state index is 14.1. The number of ether oxygens (including phenoxy) is 1. The average molecular weight is 452 g/mol. The van der Waals surface area contributed by atoms with Crippen LogP contribution in [0.2, 0.25) is 25.7 Å². The Bertz CT molecular complexity index is 1270. The minimum atomic E-state index is -1.29. The molecule has 3 aromatic heterocycles. The van der Waals surface area contributed by atoms with Crippen molar-refractivity contribution in [2.24, 2.45) is 0 Å². The second-order valence-electron chi connectivity index (χ2n) is 8.98. The molecule has 0 spiro atoms. The Balaban J connectivity index is 1.88. The largest absolute Gasteiger partial charge is 0.478 e. The number of pyridine rings is 1. The molecule has 0 amide bonds. The molecule has 2 N–H and O–H groups in total. The normalized spacial score (nSPS) is 11.9. The minimum absolute atomic E-state index is 0.0971. The second kappa shape index (κ2) is 8.72. The molecule has 0 fully saturated rings. The molecule has 0 unspecified atom stereocenters. The van der Waals surface area contributed by atoms with Gasteiger partial charge in [0.1, 0.15) is 18.2 Å². The van der Waals surface area contributed by atoms with Crippen molar-refractivity contribution >= 4 is 25.1 Å². The number of rotatable bonds is 8. The molecule has 32 heavy (non-hydrogen) atoms. The number of fused-ring (bicyclic) bond motifs is 1. The third kappa shape index (κ3) is 4.51. The maximum Gasteiger partial charge on any atom is 0.337 e. The molecule has 6 nitrogen and oxygen atoms in total. The lowest BCUT2D eigenvalue weighted by atomic mass is 10.1. The summed E-state index contributed by atoms with van der Waals surface area (Å²) in [6.45, 7) is 7.56. The number of aromatic nitrogens is 3. The minimum Gasteiger partial charge on any atom is -0.478 e. The Morgan fingerprint density at radius 3 is 2.75 bits per heavy atom. The predicted molar refractivity (Wildman–Crippen MR) is 126 cm³/mol. The Morgan fingerprint density at radius 2 is 2.03 bits per heavy atom. The van der Waals surface area contributed by atoms with Gasteiger partial charge in [0, 0.05) is 43.6 Å². The summed E-state index contributed by atoms with van der Waals surface area (Å²) in [4.78, 5) is 19.6. The van der Waals surface area contributed by atoms with Crippen LogP contribution in [0.4, 0.5) is 4.39 Å². The van der Waals surface area contributed by atoms with E-state index in [0.29, 0.717) is 29.2 Å². The maximum absolute atomic E-state index is 14.1. The Hall–Kier alpha value is -3.23. The lowest BCUT2D eigenvalue weighted by Crippen LogP contribution is -2.22. The molecule has 0 aliphatic rings. The number of carbonyl (C=O) groups is 1. The zero-order chi connectivity index (χ0) is 22.9. The van der Waals surface area contributed by atoms with Crippen molar-refractivity contribution in [3.63, 3.8) is 0 Å². The summed E-state index contributed by atoms with van der Waals surface area (Å²) >= 11 is 0. The number of nitrogens with zero attached hydrogens (tertiary/aromatic N) is 2. The van der Waals surface area contributed by atoms with E-state index in [4.69, 9.17) is 4.74 Å². The predicted octanol–water partition coefficient (Wildman–Crippen LogP) is 5.85. The SMILES string of the molecule is C[Si](C)(C)CCOCn1c(-c2ccnc3[nH]ccc23)cc(C(=O)O)c1-c1cccc(F)c1. The van der Waals surface area contributed by atoms with Gasteiger partial charge in [-0.15, -0.1) is 0 Å². The molecule has 4 aromatic rings. The van der Waals surface area contributed by atoms with Crippen LogP contribution in [0.15, 0.2) is 54.9 Å². The van der Waals surface area contributed by atoms with Crippen molar-refractivity contribution in [3.05, 3.63) is 66.2 Å². The molecule has 1 aromatic carbocycles. The number of benzene rings is 1. The first-order valence-electron chi connectivity index (χ1n) is 10.5. The van der Waals surface area contributed by atoms with E-state index < -0.39 is 19.9 Å². The highest BCUT2D eigenvalue weighted by molar-refractivity contribution is 6.76. The summed E-state index contributed by atoms with van der Waals surface area (Å²) in [5, 5.41) is 10.8. The summed E-state index contributed by atoms with van der Waals surface area (Å²) in [5.74, 6) is -1.50. The van der Waals surface area contributed by atoms with E-state index in [1.807, 2.05) is 16.7 Å². The number of carboxylic acids is 1. The van der Waals surface area contributed by atoms with Crippen LogP contribution in [0.5, 0.6) is 0 Å². The molecular formula is C24H26FN3O3Si. The zero-order valence-corrected chi connectivity index (χ0v) is 19.4. The van der Waals surface area contributed by atoms with Gasteiger partial charge in [0.2, 0.25) is 0 Å². The van der Waals surface area contributed by atoms with Crippen LogP contribution >= 0.6 is 0 Å². The third-order valence-electron chi connectivity index (χ3n) is 5.38. The Labute approximate surface area is 186 Å². The van der Waals surface area contributed by atoms with E-state index in [1.54, 1.807) is 30.6 Å². The van der Waals surface area contributed by atoms with Crippen molar-refractivity contribution in [1.82, 2.24) is 14.5 Å². The van der Waals surface area contributed by atoms with Gasteiger partial charge >= 0.3 is 5.97 Å². The van der Waals surface area contributed by atoms with Crippen LogP contribution in [0, 0.1) is 5.82 Å². The van der Waals surface area contributed by atoms with Gasteiger partial charge in [-0.25, -0.2) is 14.2 Å². The molecule has 0 saturated carbocycles. The topological polar surface area (TPSA) is 80.1 Å². The van der Waals surface area contributed by atoms with Gasteiger partial charge in [0.15, 0.2) is 0 Å². The van der Waals surface area contributed by atoms with Crippen LogP contribution < -0.4 is 0 Å². The Kier molecular flexibility index (Phi) is 5.99. The van der Waals surface area contributed by atoms with E-state index in [1.165, 1.54) is 12.1 Å². The number of hydrogen-bond acceptors (Lipinski definition) is 3. The van der Waals surface area contributed by atoms with Gasteiger partial charge in [-0.05, 0) is 36.4 Å². The van der Waals surface area contributed by atoms with Gasteiger partial charge in [0.05, 0.1) is 17.0 Å². The number of halogens is 1. The smallest absolute Gasteiger partial charge is 0.337 e. The lowest BCUT2D eigenvalue weighted by molar-refractivity contribution is 0.0696.